The lowest BCUT2D eigenvalue weighted by molar-refractivity contribution is -0.253. The van der Waals surface area contributed by atoms with E-state index in [1.807, 2.05) is 0 Å². The van der Waals surface area contributed by atoms with Crippen LogP contribution in [0.25, 0.3) is 0 Å². The number of halogens is 9. The molecule has 0 bridgehead atoms. The Morgan fingerprint density at radius 3 is 1.98 bits per heavy atom. The van der Waals surface area contributed by atoms with Crippen LogP contribution in [-0.4, -0.2) is 31.4 Å². The maximum absolute atomic E-state index is 15.1. The highest BCUT2D eigenvalue weighted by Gasteiger charge is 2.45. The van der Waals surface area contributed by atoms with E-state index in [9.17, 15) is 44.7 Å². The fraction of sp³-hybridized carbons (Fsp3) is 0.212. The van der Waals surface area contributed by atoms with Crippen LogP contribution in [0, 0.1) is 11.6 Å². The fourth-order valence-electron chi connectivity index (χ4n) is 5.02. The van der Waals surface area contributed by atoms with Crippen LogP contribution in [0.1, 0.15) is 49.4 Å². The normalized spacial score (nSPS) is 13.3. The summed E-state index contributed by atoms with van der Waals surface area (Å²) in [5.41, 5.74) is -3.70. The first kappa shape index (κ1) is 34.1. The number of alkyl halides is 7. The average Bonchev–Trinajstić information content (AvgIpc) is 3.00. The van der Waals surface area contributed by atoms with E-state index in [1.54, 1.807) is 30.3 Å². The molecule has 13 heteroatoms. The van der Waals surface area contributed by atoms with Crippen molar-refractivity contribution in [1.82, 2.24) is 0 Å². The third-order valence-corrected chi connectivity index (χ3v) is 7.20. The van der Waals surface area contributed by atoms with E-state index < -0.39 is 70.8 Å². The molecule has 0 aliphatic carbocycles. The zero-order valence-corrected chi connectivity index (χ0v) is 23.7. The number of methoxy groups -OCH3 is 1. The van der Waals surface area contributed by atoms with Crippen LogP contribution in [0.2, 0.25) is 0 Å². The van der Waals surface area contributed by atoms with Gasteiger partial charge in [-0.05, 0) is 65.6 Å². The van der Waals surface area contributed by atoms with E-state index in [0.717, 1.165) is 25.3 Å². The van der Waals surface area contributed by atoms with Gasteiger partial charge in [-0.1, -0.05) is 42.5 Å². The number of ketones is 1. The smallest absolute Gasteiger partial charge is 0.461 e. The lowest BCUT2D eigenvalue weighted by atomic mass is 9.66. The molecule has 4 nitrogen and oxygen atoms in total. The van der Waals surface area contributed by atoms with Gasteiger partial charge in [-0.15, -0.1) is 0 Å². The summed E-state index contributed by atoms with van der Waals surface area (Å²) in [4.78, 5) is 25.9. The minimum Gasteiger partial charge on any atom is -0.465 e. The van der Waals surface area contributed by atoms with Crippen LogP contribution in [0.3, 0.4) is 0 Å². The van der Waals surface area contributed by atoms with Crippen molar-refractivity contribution < 1.29 is 58.6 Å². The summed E-state index contributed by atoms with van der Waals surface area (Å²) in [5.74, 6) is -5.64. The van der Waals surface area contributed by atoms with Crippen LogP contribution >= 0.6 is 0 Å². The van der Waals surface area contributed by atoms with Crippen LogP contribution < -0.4 is 4.74 Å². The Kier molecular flexibility index (Phi) is 9.83. The second kappa shape index (κ2) is 13.3. The monoisotopic (exact) mass is 654 g/mol. The number of ether oxygens (including phenoxy) is 2. The molecule has 0 N–H and O–H groups in total. The van der Waals surface area contributed by atoms with Gasteiger partial charge in [0.1, 0.15) is 17.4 Å². The molecule has 4 aromatic rings. The van der Waals surface area contributed by atoms with Gasteiger partial charge in [-0.25, -0.2) is 13.6 Å². The van der Waals surface area contributed by atoms with Crippen molar-refractivity contribution in [2.45, 2.75) is 37.0 Å². The van der Waals surface area contributed by atoms with Gasteiger partial charge in [0.05, 0.1) is 18.2 Å². The third kappa shape index (κ3) is 7.52. The standard InChI is InChI=1S/C33H23F9O4/c1-45-29(44)20-7-10-22(11-8-20)31(17-19-5-3-2-4-6-19,18-28(43)21-9-12-27(35)26(13-21)32(38,39)40)23-14-24(34)16-25(15-23)46-33(41,42)30(36)37/h2-16,30H,17-18H2,1H3/t31-/m1/s1. The number of carbonyl (C=O) groups excluding carboxylic acids is 2. The molecule has 46 heavy (non-hydrogen) atoms. The molecule has 0 saturated carbocycles. The van der Waals surface area contributed by atoms with Crippen molar-refractivity contribution >= 4 is 11.8 Å². The van der Waals surface area contributed by atoms with Crippen LogP contribution in [0.15, 0.2) is 91.0 Å². The molecule has 242 valence electrons. The molecule has 0 aliphatic heterocycles. The summed E-state index contributed by atoms with van der Waals surface area (Å²) in [5, 5.41) is 0. The van der Waals surface area contributed by atoms with E-state index in [1.165, 1.54) is 24.3 Å². The molecule has 0 radical (unpaired) electrons. The van der Waals surface area contributed by atoms with E-state index in [4.69, 9.17) is 4.74 Å². The van der Waals surface area contributed by atoms with Crippen LogP contribution in [0.5, 0.6) is 5.75 Å². The number of hydrogen-bond acceptors (Lipinski definition) is 4. The average molecular weight is 655 g/mol. The summed E-state index contributed by atoms with van der Waals surface area (Å²) in [6, 6.07) is 17.0. The molecule has 0 fully saturated rings. The Morgan fingerprint density at radius 2 is 1.39 bits per heavy atom. The summed E-state index contributed by atoms with van der Waals surface area (Å²) in [6.07, 6.45) is -15.5. The van der Waals surface area contributed by atoms with Crippen molar-refractivity contribution in [3.63, 3.8) is 0 Å². The minimum atomic E-state index is -5.16. The summed E-state index contributed by atoms with van der Waals surface area (Å²) >= 11 is 0. The van der Waals surface area contributed by atoms with E-state index in [-0.39, 0.29) is 23.1 Å². The highest BCUT2D eigenvalue weighted by atomic mass is 19.4. The molecule has 0 amide bonds. The molecule has 0 spiro atoms. The second-order valence-corrected chi connectivity index (χ2v) is 10.2. The lowest BCUT2D eigenvalue weighted by Crippen LogP contribution is -2.35. The second-order valence-electron chi connectivity index (χ2n) is 10.2. The van der Waals surface area contributed by atoms with Crippen molar-refractivity contribution in [2.75, 3.05) is 7.11 Å². The molecule has 0 aliphatic rings. The van der Waals surface area contributed by atoms with Gasteiger partial charge in [0.25, 0.3) is 0 Å². The highest BCUT2D eigenvalue weighted by Crippen LogP contribution is 2.43. The van der Waals surface area contributed by atoms with Gasteiger partial charge in [-0.2, -0.15) is 30.7 Å². The predicted molar refractivity (Wildman–Crippen MR) is 147 cm³/mol. The van der Waals surface area contributed by atoms with Crippen LogP contribution in [-0.2, 0) is 22.7 Å². The maximum atomic E-state index is 15.1. The summed E-state index contributed by atoms with van der Waals surface area (Å²) < 4.78 is 132. The third-order valence-electron chi connectivity index (χ3n) is 7.20. The molecule has 4 aromatic carbocycles. The summed E-state index contributed by atoms with van der Waals surface area (Å²) in [7, 11) is 1.12. The Hall–Kier alpha value is -4.81. The SMILES string of the molecule is COC(=O)c1ccc([C@](CC(=O)c2ccc(F)c(C(F)(F)F)c2)(Cc2ccccc2)c2cc(F)cc(OC(F)(F)C(F)F)c2)cc1. The molecular formula is C33H23F9O4. The Morgan fingerprint density at radius 1 is 0.761 bits per heavy atom. The first-order valence-corrected chi connectivity index (χ1v) is 13.3. The van der Waals surface area contributed by atoms with Gasteiger partial charge in [-0.3, -0.25) is 4.79 Å². The first-order valence-electron chi connectivity index (χ1n) is 13.3. The number of Topliss-reactive ketones (excluding diaryl/α,β-unsaturated/α-hetero) is 1. The van der Waals surface area contributed by atoms with Gasteiger partial charge >= 0.3 is 24.7 Å². The van der Waals surface area contributed by atoms with E-state index in [2.05, 4.69) is 4.74 Å². The fourth-order valence-corrected chi connectivity index (χ4v) is 5.02. The maximum Gasteiger partial charge on any atom is 0.461 e. The highest BCUT2D eigenvalue weighted by molar-refractivity contribution is 5.97. The van der Waals surface area contributed by atoms with E-state index in [0.29, 0.717) is 23.8 Å². The van der Waals surface area contributed by atoms with Crippen LogP contribution in [0.4, 0.5) is 39.5 Å². The van der Waals surface area contributed by atoms with Gasteiger partial charge in [0.2, 0.25) is 0 Å². The lowest BCUT2D eigenvalue weighted by Gasteiger charge is -2.36. The number of esters is 1. The zero-order chi connectivity index (χ0) is 33.9. The predicted octanol–water partition coefficient (Wildman–Crippen LogP) is 8.81. The van der Waals surface area contributed by atoms with E-state index >= 15 is 4.39 Å². The van der Waals surface area contributed by atoms with Crippen molar-refractivity contribution in [2.24, 2.45) is 0 Å². The molecule has 4 rings (SSSR count). The quantitative estimate of drug-likeness (QED) is 0.0922. The number of hydrogen-bond donors (Lipinski definition) is 0. The molecule has 1 atom stereocenters. The molecule has 0 saturated heterocycles. The van der Waals surface area contributed by atoms with Gasteiger partial charge in [0.15, 0.2) is 5.78 Å². The Balaban J connectivity index is 1.98. The van der Waals surface area contributed by atoms with Crippen molar-refractivity contribution in [3.8, 4) is 5.75 Å². The number of benzene rings is 4. The van der Waals surface area contributed by atoms with Crippen molar-refractivity contribution in [3.05, 3.63) is 136 Å². The van der Waals surface area contributed by atoms with Crippen molar-refractivity contribution in [1.29, 1.82) is 0 Å². The minimum absolute atomic E-state index is 0.0411. The number of carbonyl (C=O) groups is 2. The first-order chi connectivity index (χ1) is 21.6. The van der Waals surface area contributed by atoms with Gasteiger partial charge in [0, 0.05) is 23.5 Å². The number of rotatable bonds is 11. The molecule has 0 heterocycles. The Bertz CT molecular complexity index is 1700. The topological polar surface area (TPSA) is 52.6 Å². The summed E-state index contributed by atoms with van der Waals surface area (Å²) in [6.45, 7) is 0. The Labute approximate surface area is 256 Å². The molecular weight excluding hydrogens is 631 g/mol. The molecule has 0 aromatic heterocycles. The van der Waals surface area contributed by atoms with Gasteiger partial charge < -0.3 is 9.47 Å². The largest absolute Gasteiger partial charge is 0.465 e. The molecule has 0 unspecified atom stereocenters. The zero-order valence-electron chi connectivity index (χ0n) is 23.7.